The quantitative estimate of drug-likeness (QED) is 0.137. The van der Waals surface area contributed by atoms with Crippen molar-refractivity contribution in [3.05, 3.63) is 229 Å². The van der Waals surface area contributed by atoms with E-state index in [4.69, 9.17) is 14.6 Å². The summed E-state index contributed by atoms with van der Waals surface area (Å²) in [5, 5.41) is 13.1. The molecule has 0 atom stereocenters. The summed E-state index contributed by atoms with van der Waals surface area (Å²) in [6.45, 7) is 0.575. The van der Waals surface area contributed by atoms with Gasteiger partial charge in [-0.2, -0.15) is 0 Å². The number of ether oxygens (including phenoxy) is 2. The van der Waals surface area contributed by atoms with Gasteiger partial charge in [0.05, 0.1) is 22.1 Å². The van der Waals surface area contributed by atoms with Crippen LogP contribution in [0.15, 0.2) is 194 Å². The maximum Gasteiger partial charge on any atom is 0.354 e. The predicted octanol–water partition coefficient (Wildman–Crippen LogP) is 13.6. The first kappa shape index (κ1) is 45.6. The molecule has 7 aromatic carbocycles. The van der Waals surface area contributed by atoms with Crippen LogP contribution in [0.2, 0.25) is 0 Å². The van der Waals surface area contributed by atoms with Crippen LogP contribution in [0.1, 0.15) is 29.0 Å². The number of fused-ring (bicyclic) bond motifs is 6. The van der Waals surface area contributed by atoms with Gasteiger partial charge in [0, 0.05) is 77.1 Å². The Labute approximate surface area is 398 Å². The minimum absolute atomic E-state index is 0. The number of nitrogens with zero attached hydrogens (tertiary/aromatic N) is 4. The fraction of sp³-hybridized carbons (Fsp3) is 0.0536. The SMILES string of the molecule is C.Fc1c[c-]c(-c2cc(COc3ccc(OCc4cc(-n5c6ccccc6c6ccccc65)cc(-n5c6ccccc6c6ccccc65)c4)cc3)ccn2)c(F)c1.O=C(O)c1ccccn1.[Ir]. The fourth-order valence-electron chi connectivity index (χ4n) is 8.20. The Kier molecular flexibility index (Phi) is 13.6. The summed E-state index contributed by atoms with van der Waals surface area (Å²) in [6, 6.07) is 61.2. The van der Waals surface area contributed by atoms with Gasteiger partial charge in [-0.15, -0.1) is 12.1 Å². The van der Waals surface area contributed by atoms with Gasteiger partial charge in [-0.25, -0.2) is 9.78 Å². The van der Waals surface area contributed by atoms with Gasteiger partial charge in [-0.05, 0) is 102 Å². The molecule has 11 rings (SSSR count). The van der Waals surface area contributed by atoms with Crippen molar-refractivity contribution in [1.82, 2.24) is 19.1 Å². The van der Waals surface area contributed by atoms with Crippen LogP contribution in [0.25, 0.3) is 66.2 Å². The molecule has 0 bridgehead atoms. The number of pyridine rings is 2. The standard InChI is InChI=1S/C49H32F2N3O2.C6H5NO2.CH4.Ir/c50-34-17-22-43(44(51)28-34)45-27-32(23-24-52-45)30-55-37-18-20-38(21-19-37)56-31-33-25-35(53-46-13-5-1-9-39(46)40-10-2-6-14-47(40)53)29-36(26-33)54-48-15-7-3-11-41(48)42-12-4-8-16-49(42)54;8-6(9)5-3-1-2-4-7-5;;/h1-21,23-29H,30-31H2;1-4H,(H,8,9);1H4;/q-1;;;. The van der Waals surface area contributed by atoms with Crippen molar-refractivity contribution in [2.45, 2.75) is 20.6 Å². The number of hydrogen-bond acceptors (Lipinski definition) is 5. The Morgan fingerprint density at radius 2 is 1.03 bits per heavy atom. The fourth-order valence-corrected chi connectivity index (χ4v) is 8.20. The molecule has 67 heavy (non-hydrogen) atoms. The Balaban J connectivity index is 0.000000499. The summed E-state index contributed by atoms with van der Waals surface area (Å²) < 4.78 is 45.0. The van der Waals surface area contributed by atoms with Crippen molar-refractivity contribution < 1.29 is 48.3 Å². The molecule has 0 fully saturated rings. The number of hydrogen-bond donors (Lipinski definition) is 1. The number of benzene rings is 7. The minimum atomic E-state index is -0.990. The van der Waals surface area contributed by atoms with Gasteiger partial charge >= 0.3 is 5.97 Å². The molecule has 0 aliphatic carbocycles. The van der Waals surface area contributed by atoms with Crippen LogP contribution < -0.4 is 9.47 Å². The third-order valence-corrected chi connectivity index (χ3v) is 11.1. The molecular formula is C56H41F2IrN4O4-. The first-order valence-electron chi connectivity index (χ1n) is 20.8. The third-order valence-electron chi connectivity index (χ3n) is 11.1. The zero-order chi connectivity index (χ0) is 44.3. The summed E-state index contributed by atoms with van der Waals surface area (Å²) in [7, 11) is 0. The van der Waals surface area contributed by atoms with Crippen LogP contribution in [0, 0.1) is 17.7 Å². The summed E-state index contributed by atoms with van der Waals surface area (Å²) in [6.07, 6.45) is 3.02. The molecule has 0 aliphatic heterocycles. The van der Waals surface area contributed by atoms with Gasteiger partial charge in [-0.1, -0.05) is 104 Å². The van der Waals surface area contributed by atoms with Gasteiger partial charge in [0.2, 0.25) is 0 Å². The van der Waals surface area contributed by atoms with E-state index in [0.717, 1.165) is 56.7 Å². The monoisotopic (exact) mass is 1060 g/mol. The topological polar surface area (TPSA) is 91.4 Å². The number of para-hydroxylation sites is 4. The maximum absolute atomic E-state index is 14.4. The summed E-state index contributed by atoms with van der Waals surface area (Å²) >= 11 is 0. The van der Waals surface area contributed by atoms with Crippen LogP contribution in [-0.2, 0) is 33.3 Å². The predicted molar refractivity (Wildman–Crippen MR) is 257 cm³/mol. The van der Waals surface area contributed by atoms with Crippen molar-refractivity contribution in [3.8, 4) is 34.1 Å². The smallest absolute Gasteiger partial charge is 0.354 e. The Hall–Kier alpha value is -7.98. The number of rotatable bonds is 10. The summed E-state index contributed by atoms with van der Waals surface area (Å²) in [5.74, 6) is -1.04. The van der Waals surface area contributed by atoms with Gasteiger partial charge in [-0.3, -0.25) is 8.78 Å². The van der Waals surface area contributed by atoms with Crippen LogP contribution in [0.3, 0.4) is 0 Å². The van der Waals surface area contributed by atoms with Crippen LogP contribution >= 0.6 is 0 Å². The molecule has 1 N–H and O–H groups in total. The zero-order valence-electron chi connectivity index (χ0n) is 34.9. The normalized spacial score (nSPS) is 10.8. The van der Waals surface area contributed by atoms with E-state index in [1.807, 2.05) is 24.3 Å². The van der Waals surface area contributed by atoms with Crippen molar-refractivity contribution >= 4 is 49.6 Å². The van der Waals surface area contributed by atoms with Crippen LogP contribution in [-0.4, -0.2) is 30.2 Å². The van der Waals surface area contributed by atoms with Crippen molar-refractivity contribution in [2.75, 3.05) is 0 Å². The molecule has 8 nitrogen and oxygen atoms in total. The number of carbonyl (C=O) groups is 1. The molecule has 11 aromatic rings. The van der Waals surface area contributed by atoms with E-state index >= 15 is 0 Å². The Morgan fingerprint density at radius 1 is 0.552 bits per heavy atom. The number of aromatic nitrogens is 4. The molecule has 4 heterocycles. The Morgan fingerprint density at radius 3 is 1.48 bits per heavy atom. The maximum atomic E-state index is 14.4. The van der Waals surface area contributed by atoms with Gasteiger partial charge in [0.15, 0.2) is 0 Å². The number of carboxylic acid groups (broad SMARTS) is 1. The first-order valence-corrected chi connectivity index (χ1v) is 20.8. The largest absolute Gasteiger partial charge is 0.489 e. The molecule has 333 valence electrons. The van der Waals surface area contributed by atoms with E-state index in [0.29, 0.717) is 23.8 Å². The number of aromatic carboxylic acids is 1. The average Bonchev–Trinajstić information content (AvgIpc) is 3.87. The second kappa shape index (κ2) is 20.0. The third kappa shape index (κ3) is 9.42. The van der Waals surface area contributed by atoms with E-state index < -0.39 is 17.6 Å². The molecule has 0 saturated carbocycles. The van der Waals surface area contributed by atoms with E-state index in [1.165, 1.54) is 33.8 Å². The summed E-state index contributed by atoms with van der Waals surface area (Å²) in [4.78, 5) is 18.0. The minimum Gasteiger partial charge on any atom is -0.489 e. The molecule has 11 heteroatoms. The van der Waals surface area contributed by atoms with Gasteiger partial charge in [0.25, 0.3) is 0 Å². The number of carboxylic acids is 1. The van der Waals surface area contributed by atoms with Crippen molar-refractivity contribution in [2.24, 2.45) is 0 Å². The second-order valence-corrected chi connectivity index (χ2v) is 15.3. The zero-order valence-corrected chi connectivity index (χ0v) is 37.3. The van der Waals surface area contributed by atoms with E-state index in [2.05, 4.69) is 140 Å². The van der Waals surface area contributed by atoms with Gasteiger partial charge < -0.3 is 28.7 Å². The average molecular weight is 1060 g/mol. The van der Waals surface area contributed by atoms with E-state index in [9.17, 15) is 13.6 Å². The molecule has 0 saturated heterocycles. The van der Waals surface area contributed by atoms with Crippen LogP contribution in [0.5, 0.6) is 11.5 Å². The van der Waals surface area contributed by atoms with E-state index in [1.54, 1.807) is 30.5 Å². The number of halogens is 2. The Bertz CT molecular complexity index is 3280. The molecule has 0 spiro atoms. The first-order chi connectivity index (χ1) is 31.9. The summed E-state index contributed by atoms with van der Waals surface area (Å²) in [5.41, 5.74) is 9.00. The van der Waals surface area contributed by atoms with Crippen LogP contribution in [0.4, 0.5) is 8.78 Å². The molecular weight excluding hydrogens is 1020 g/mol. The molecule has 0 amide bonds. The molecule has 0 aliphatic rings. The molecule has 0 unspecified atom stereocenters. The van der Waals surface area contributed by atoms with Gasteiger partial charge in [0.1, 0.15) is 30.4 Å². The van der Waals surface area contributed by atoms with E-state index in [-0.39, 0.29) is 45.4 Å². The van der Waals surface area contributed by atoms with Crippen molar-refractivity contribution in [3.63, 3.8) is 0 Å². The van der Waals surface area contributed by atoms with Crippen molar-refractivity contribution in [1.29, 1.82) is 0 Å². The molecule has 4 aromatic heterocycles. The second-order valence-electron chi connectivity index (χ2n) is 15.3. The molecule has 1 radical (unpaired) electrons.